The van der Waals surface area contributed by atoms with Crippen molar-refractivity contribution in [1.29, 1.82) is 0 Å². The molecule has 9 heteroatoms. The van der Waals surface area contributed by atoms with E-state index in [9.17, 15) is 30.3 Å². The smallest absolute Gasteiger partial charge is 0.328 e. The first-order chi connectivity index (χ1) is 17.3. The number of ether oxygens (including phenoxy) is 2. The monoisotopic (exact) mass is 522 g/mol. The van der Waals surface area contributed by atoms with Crippen LogP contribution in [0.4, 0.5) is 0 Å². The van der Waals surface area contributed by atoms with E-state index in [4.69, 9.17) is 14.6 Å². The van der Waals surface area contributed by atoms with Crippen LogP contribution in [0.25, 0.3) is 0 Å². The summed E-state index contributed by atoms with van der Waals surface area (Å²) < 4.78 is 11.5. The van der Waals surface area contributed by atoms with Gasteiger partial charge >= 0.3 is 5.97 Å². The number of carboxylic acids is 1. The summed E-state index contributed by atoms with van der Waals surface area (Å²) in [6, 6.07) is 0. The molecule has 0 radical (unpaired) electrons. The van der Waals surface area contributed by atoms with Crippen molar-refractivity contribution in [3.05, 3.63) is 71.4 Å². The molecule has 7 atom stereocenters. The molecule has 0 aromatic carbocycles. The largest absolute Gasteiger partial charge is 0.478 e. The van der Waals surface area contributed by atoms with Crippen LogP contribution in [0.2, 0.25) is 0 Å². The van der Waals surface area contributed by atoms with Gasteiger partial charge < -0.3 is 40.1 Å². The van der Waals surface area contributed by atoms with Crippen molar-refractivity contribution in [3.63, 3.8) is 0 Å². The highest BCUT2D eigenvalue weighted by molar-refractivity contribution is 5.80. The molecule has 0 bridgehead atoms. The van der Waals surface area contributed by atoms with Gasteiger partial charge in [0, 0.05) is 6.08 Å². The molecule has 0 saturated carbocycles. The lowest BCUT2D eigenvalue weighted by molar-refractivity contribution is -0.308. The second-order valence-electron chi connectivity index (χ2n) is 9.68. The number of allylic oxidation sites excluding steroid dienone is 7. The van der Waals surface area contributed by atoms with Gasteiger partial charge in [-0.15, -0.1) is 0 Å². The Bertz CT molecular complexity index is 905. The minimum atomic E-state index is -1.52. The number of aliphatic carboxylic acids is 1. The topological polar surface area (TPSA) is 157 Å². The Morgan fingerprint density at radius 1 is 1.03 bits per heavy atom. The zero-order chi connectivity index (χ0) is 28.2. The van der Waals surface area contributed by atoms with Crippen molar-refractivity contribution in [2.75, 3.05) is 6.61 Å². The molecule has 0 spiro atoms. The number of hydrogen-bond donors (Lipinski definition) is 6. The van der Waals surface area contributed by atoms with Gasteiger partial charge in [-0.1, -0.05) is 59.8 Å². The van der Waals surface area contributed by atoms with Crippen LogP contribution >= 0.6 is 0 Å². The number of hydrogen-bond acceptors (Lipinski definition) is 8. The van der Waals surface area contributed by atoms with E-state index < -0.39 is 55.0 Å². The summed E-state index contributed by atoms with van der Waals surface area (Å²) in [5, 5.41) is 59.0. The molecule has 1 aliphatic heterocycles. The quantitative estimate of drug-likeness (QED) is 0.121. The predicted molar refractivity (Wildman–Crippen MR) is 140 cm³/mol. The molecule has 1 rings (SSSR count). The maximum absolute atomic E-state index is 10.6. The predicted octanol–water partition coefficient (Wildman–Crippen LogP) is 2.31. The molecule has 1 aliphatic rings. The van der Waals surface area contributed by atoms with E-state index in [1.807, 2.05) is 45.9 Å². The van der Waals surface area contributed by atoms with E-state index in [1.165, 1.54) is 6.08 Å². The van der Waals surface area contributed by atoms with E-state index in [1.54, 1.807) is 31.2 Å². The minimum Gasteiger partial charge on any atom is -0.478 e. The highest BCUT2D eigenvalue weighted by Gasteiger charge is 2.44. The summed E-state index contributed by atoms with van der Waals surface area (Å²) >= 11 is 0. The first-order valence-corrected chi connectivity index (χ1v) is 12.2. The molecule has 37 heavy (non-hydrogen) atoms. The van der Waals surface area contributed by atoms with Gasteiger partial charge in [-0.2, -0.15) is 0 Å². The molecule has 1 saturated heterocycles. The van der Waals surface area contributed by atoms with Crippen LogP contribution in [0.15, 0.2) is 71.4 Å². The zero-order valence-corrected chi connectivity index (χ0v) is 22.2. The lowest BCUT2D eigenvalue weighted by Gasteiger charge is -2.41. The highest BCUT2D eigenvalue weighted by atomic mass is 16.7. The molecule has 0 aromatic heterocycles. The van der Waals surface area contributed by atoms with Gasteiger partial charge in [-0.3, -0.25) is 0 Å². The molecule has 0 unspecified atom stereocenters. The van der Waals surface area contributed by atoms with Gasteiger partial charge in [-0.05, 0) is 53.0 Å². The lowest BCUT2D eigenvalue weighted by atomic mass is 9.98. The van der Waals surface area contributed by atoms with Crippen LogP contribution in [-0.4, -0.2) is 85.6 Å². The van der Waals surface area contributed by atoms with E-state index in [0.717, 1.165) is 22.8 Å². The first kappa shape index (κ1) is 32.7. The molecule has 1 heterocycles. The third-order valence-electron chi connectivity index (χ3n) is 5.67. The summed E-state index contributed by atoms with van der Waals surface area (Å²) in [6.07, 6.45) is 8.25. The van der Waals surface area contributed by atoms with Gasteiger partial charge in [0.2, 0.25) is 0 Å². The zero-order valence-electron chi connectivity index (χ0n) is 22.2. The summed E-state index contributed by atoms with van der Waals surface area (Å²) in [6.45, 7) is 8.70. The molecule has 9 nitrogen and oxygen atoms in total. The van der Waals surface area contributed by atoms with Gasteiger partial charge in [0.05, 0.1) is 18.3 Å². The third kappa shape index (κ3) is 12.1. The van der Waals surface area contributed by atoms with Gasteiger partial charge in [0.15, 0.2) is 6.29 Å². The number of carboxylic acid groups (broad SMARTS) is 1. The normalized spacial score (nSPS) is 28.1. The van der Waals surface area contributed by atoms with Crippen LogP contribution < -0.4 is 0 Å². The average Bonchev–Trinajstić information content (AvgIpc) is 2.80. The van der Waals surface area contributed by atoms with Crippen LogP contribution in [0, 0.1) is 0 Å². The Morgan fingerprint density at radius 3 is 2.30 bits per heavy atom. The van der Waals surface area contributed by atoms with Crippen LogP contribution in [0.3, 0.4) is 0 Å². The van der Waals surface area contributed by atoms with Crippen molar-refractivity contribution in [3.8, 4) is 0 Å². The Balaban J connectivity index is 2.95. The Kier molecular flexibility index (Phi) is 13.9. The lowest BCUT2D eigenvalue weighted by Crippen LogP contribution is -2.59. The maximum atomic E-state index is 10.6. The maximum Gasteiger partial charge on any atom is 0.328 e. The van der Waals surface area contributed by atoms with E-state index in [0.29, 0.717) is 12.8 Å². The standard InChI is InChI=1S/C28H42O9/c1-18(2)13-14-21(36-27-26(34)25(33)24(32)22(17-29)37-27)20(4)11-9-10-19(3)16-28(5,35)15-8-6-7-12-23(30)31/h6-13,16,21-22,24-27,29,32-35H,14-15,17H2,1-5H3,(H,30,31)/b8-6+,10-9+,12-7+,19-16+,20-11+/t21-,22+,24+,25-,26-,27-,28-/m0/s1. The van der Waals surface area contributed by atoms with Crippen molar-refractivity contribution < 1.29 is 44.9 Å². The van der Waals surface area contributed by atoms with Crippen molar-refractivity contribution >= 4 is 5.97 Å². The Hall–Kier alpha value is -2.37. The minimum absolute atomic E-state index is 0.300. The van der Waals surface area contributed by atoms with Crippen molar-refractivity contribution in [2.45, 2.75) is 89.9 Å². The number of rotatable bonds is 13. The molecular weight excluding hydrogens is 480 g/mol. The molecule has 0 amide bonds. The second-order valence-corrected chi connectivity index (χ2v) is 9.68. The Labute approximate surface area is 219 Å². The van der Waals surface area contributed by atoms with E-state index >= 15 is 0 Å². The molecule has 6 N–H and O–H groups in total. The van der Waals surface area contributed by atoms with Crippen LogP contribution in [-0.2, 0) is 14.3 Å². The Morgan fingerprint density at radius 2 is 1.70 bits per heavy atom. The number of aliphatic hydroxyl groups excluding tert-OH is 4. The summed E-state index contributed by atoms with van der Waals surface area (Å²) in [4.78, 5) is 10.5. The fraction of sp³-hybridized carbons (Fsp3) is 0.536. The first-order valence-electron chi connectivity index (χ1n) is 12.2. The van der Waals surface area contributed by atoms with E-state index in [-0.39, 0.29) is 0 Å². The molecule has 0 aliphatic carbocycles. The summed E-state index contributed by atoms with van der Waals surface area (Å²) in [5.41, 5.74) is 1.55. The van der Waals surface area contributed by atoms with Crippen molar-refractivity contribution in [1.82, 2.24) is 0 Å². The molecular formula is C28H42O9. The molecule has 208 valence electrons. The number of carbonyl (C=O) groups is 1. The summed E-state index contributed by atoms with van der Waals surface area (Å²) in [5.74, 6) is -1.04. The fourth-order valence-electron chi connectivity index (χ4n) is 3.61. The SMILES string of the molecule is CC(C)=CC[C@H](O[C@H]1O[C@H](CO)[C@@H](O)[C@H](O)[C@@H]1O)/C(C)=C/C=C/C(C)=C/[C@@](C)(O)C/C=C/C=C/C(=O)O. The van der Waals surface area contributed by atoms with Crippen molar-refractivity contribution in [2.24, 2.45) is 0 Å². The highest BCUT2D eigenvalue weighted by Crippen LogP contribution is 2.26. The number of aliphatic hydroxyl groups is 5. The third-order valence-corrected chi connectivity index (χ3v) is 5.67. The second kappa shape index (κ2) is 15.8. The average molecular weight is 523 g/mol. The summed E-state index contributed by atoms with van der Waals surface area (Å²) in [7, 11) is 0. The van der Waals surface area contributed by atoms with E-state index in [2.05, 4.69) is 0 Å². The van der Waals surface area contributed by atoms with Crippen LogP contribution in [0.5, 0.6) is 0 Å². The fourth-order valence-corrected chi connectivity index (χ4v) is 3.61. The molecule has 1 fully saturated rings. The van der Waals surface area contributed by atoms with Gasteiger partial charge in [-0.25, -0.2) is 4.79 Å². The van der Waals surface area contributed by atoms with Gasteiger partial charge in [0.1, 0.15) is 24.4 Å². The van der Waals surface area contributed by atoms with Crippen LogP contribution in [0.1, 0.15) is 47.5 Å². The molecule has 0 aromatic rings. The van der Waals surface area contributed by atoms with Gasteiger partial charge in [0.25, 0.3) is 0 Å².